The highest BCUT2D eigenvalue weighted by atomic mass is 32.2. The van der Waals surface area contributed by atoms with Gasteiger partial charge in [-0.15, -0.1) is 10.2 Å². The number of aromatic nitrogens is 3. The molecule has 1 aromatic heterocycles. The number of nitrogens with one attached hydrogen (secondary N) is 2. The number of aryl methyl sites for hydroxylation is 1. The Morgan fingerprint density at radius 2 is 1.68 bits per heavy atom. The van der Waals surface area contributed by atoms with E-state index in [0.29, 0.717) is 29.0 Å². The van der Waals surface area contributed by atoms with Crippen LogP contribution in [0.2, 0.25) is 0 Å². The largest absolute Gasteiger partial charge is 0.492 e. The molecule has 0 saturated carbocycles. The molecule has 0 spiro atoms. The SMILES string of the molecule is CCOc1ccccc1NC(=O)CSc1nnc(CC(=O)Nc2ccccc2C)n1C. The summed E-state index contributed by atoms with van der Waals surface area (Å²) in [7, 11) is 1.78. The van der Waals surface area contributed by atoms with Crippen LogP contribution in [-0.4, -0.2) is 38.9 Å². The molecule has 162 valence electrons. The van der Waals surface area contributed by atoms with Crippen molar-refractivity contribution >= 4 is 35.0 Å². The summed E-state index contributed by atoms with van der Waals surface area (Å²) in [6, 6.07) is 14.9. The van der Waals surface area contributed by atoms with Crippen molar-refractivity contribution in [1.29, 1.82) is 0 Å². The third-order valence-electron chi connectivity index (χ3n) is 4.46. The Balaban J connectivity index is 1.55. The molecular weight excluding hydrogens is 414 g/mol. The molecule has 0 bridgehead atoms. The molecule has 0 fully saturated rings. The third kappa shape index (κ3) is 6.08. The molecule has 2 amide bonds. The van der Waals surface area contributed by atoms with Crippen LogP contribution in [-0.2, 0) is 23.1 Å². The number of rotatable bonds is 9. The summed E-state index contributed by atoms with van der Waals surface area (Å²) in [6.07, 6.45) is 0.0896. The minimum atomic E-state index is -0.181. The quantitative estimate of drug-likeness (QED) is 0.496. The van der Waals surface area contributed by atoms with E-state index in [1.165, 1.54) is 11.8 Å². The molecular formula is C22H25N5O3S. The van der Waals surface area contributed by atoms with Gasteiger partial charge in [-0.2, -0.15) is 0 Å². The summed E-state index contributed by atoms with van der Waals surface area (Å²) in [5.41, 5.74) is 2.39. The monoisotopic (exact) mass is 439 g/mol. The van der Waals surface area contributed by atoms with Gasteiger partial charge in [0.25, 0.3) is 0 Å². The highest BCUT2D eigenvalue weighted by Gasteiger charge is 2.15. The molecule has 2 N–H and O–H groups in total. The van der Waals surface area contributed by atoms with E-state index in [4.69, 9.17) is 4.74 Å². The minimum Gasteiger partial charge on any atom is -0.492 e. The molecule has 0 unspecified atom stereocenters. The first-order chi connectivity index (χ1) is 15.0. The molecule has 9 heteroatoms. The lowest BCUT2D eigenvalue weighted by atomic mass is 10.2. The number of thioether (sulfide) groups is 1. The lowest BCUT2D eigenvalue weighted by Gasteiger charge is -2.11. The zero-order chi connectivity index (χ0) is 22.2. The van der Waals surface area contributed by atoms with E-state index in [1.54, 1.807) is 17.7 Å². The van der Waals surface area contributed by atoms with Gasteiger partial charge in [-0.1, -0.05) is 42.1 Å². The number of nitrogens with zero attached hydrogens (tertiary/aromatic N) is 3. The number of carbonyl (C=O) groups is 2. The number of amides is 2. The molecule has 2 aromatic carbocycles. The van der Waals surface area contributed by atoms with Crippen molar-refractivity contribution in [2.45, 2.75) is 25.4 Å². The molecule has 0 aliphatic heterocycles. The van der Waals surface area contributed by atoms with Crippen LogP contribution in [0.4, 0.5) is 11.4 Å². The van der Waals surface area contributed by atoms with Gasteiger partial charge in [0.1, 0.15) is 11.6 Å². The van der Waals surface area contributed by atoms with Crippen molar-refractivity contribution in [2.24, 2.45) is 7.05 Å². The Kier molecular flexibility index (Phi) is 7.66. The fraction of sp³-hybridized carbons (Fsp3) is 0.273. The van der Waals surface area contributed by atoms with Crippen LogP contribution in [0, 0.1) is 6.92 Å². The van der Waals surface area contributed by atoms with Crippen LogP contribution < -0.4 is 15.4 Å². The van der Waals surface area contributed by atoms with Crippen LogP contribution in [0.5, 0.6) is 5.75 Å². The topological polar surface area (TPSA) is 98.1 Å². The van der Waals surface area contributed by atoms with Crippen molar-refractivity contribution in [1.82, 2.24) is 14.8 Å². The lowest BCUT2D eigenvalue weighted by Crippen LogP contribution is -2.18. The standard InChI is InChI=1S/C22H25N5O3S/c1-4-30-18-12-8-7-11-17(18)24-21(29)14-31-22-26-25-19(27(22)3)13-20(28)23-16-10-6-5-9-15(16)2/h5-12H,4,13-14H2,1-3H3,(H,23,28)(H,24,29). The maximum atomic E-state index is 12.4. The summed E-state index contributed by atoms with van der Waals surface area (Å²) < 4.78 is 7.25. The molecule has 0 aliphatic rings. The molecule has 0 saturated heterocycles. The molecule has 3 aromatic rings. The number of anilines is 2. The van der Waals surface area contributed by atoms with Gasteiger partial charge in [0.15, 0.2) is 5.16 Å². The minimum absolute atomic E-state index is 0.0896. The highest BCUT2D eigenvalue weighted by molar-refractivity contribution is 7.99. The van der Waals surface area contributed by atoms with Gasteiger partial charge in [-0.25, -0.2) is 0 Å². The predicted molar refractivity (Wildman–Crippen MR) is 121 cm³/mol. The van der Waals surface area contributed by atoms with Gasteiger partial charge in [0.05, 0.1) is 24.5 Å². The van der Waals surface area contributed by atoms with E-state index >= 15 is 0 Å². The van der Waals surface area contributed by atoms with Gasteiger partial charge < -0.3 is 19.9 Å². The Morgan fingerprint density at radius 3 is 2.42 bits per heavy atom. The van der Waals surface area contributed by atoms with Gasteiger partial charge in [0.2, 0.25) is 11.8 Å². The predicted octanol–water partition coefficient (Wildman–Crippen LogP) is 3.43. The Bertz CT molecular complexity index is 1070. The first kappa shape index (κ1) is 22.4. The van der Waals surface area contributed by atoms with E-state index in [1.807, 2.05) is 56.3 Å². The summed E-state index contributed by atoms with van der Waals surface area (Å²) >= 11 is 1.25. The van der Waals surface area contributed by atoms with Gasteiger partial charge in [-0.3, -0.25) is 9.59 Å². The van der Waals surface area contributed by atoms with Gasteiger partial charge in [0, 0.05) is 12.7 Å². The normalized spacial score (nSPS) is 10.5. The average molecular weight is 440 g/mol. The summed E-state index contributed by atoms with van der Waals surface area (Å²) in [6.45, 7) is 4.34. The van der Waals surface area contributed by atoms with Crippen LogP contribution in [0.3, 0.4) is 0 Å². The van der Waals surface area contributed by atoms with Gasteiger partial charge in [-0.05, 0) is 37.6 Å². The fourth-order valence-electron chi connectivity index (χ4n) is 2.84. The lowest BCUT2D eigenvalue weighted by molar-refractivity contribution is -0.116. The van der Waals surface area contributed by atoms with E-state index in [-0.39, 0.29) is 24.0 Å². The fourth-order valence-corrected chi connectivity index (χ4v) is 3.57. The van der Waals surface area contributed by atoms with Crippen molar-refractivity contribution in [2.75, 3.05) is 23.0 Å². The van der Waals surface area contributed by atoms with Crippen LogP contribution in [0.1, 0.15) is 18.3 Å². The number of hydrogen-bond donors (Lipinski definition) is 2. The number of carbonyl (C=O) groups excluding carboxylic acids is 2. The van der Waals surface area contributed by atoms with Crippen LogP contribution >= 0.6 is 11.8 Å². The third-order valence-corrected chi connectivity index (χ3v) is 5.48. The summed E-state index contributed by atoms with van der Waals surface area (Å²) in [4.78, 5) is 24.7. The average Bonchev–Trinajstić information content (AvgIpc) is 3.09. The van der Waals surface area contributed by atoms with E-state index < -0.39 is 0 Å². The maximum Gasteiger partial charge on any atom is 0.234 e. The molecule has 31 heavy (non-hydrogen) atoms. The Hall–Kier alpha value is -3.33. The van der Waals surface area contributed by atoms with Crippen molar-refractivity contribution in [3.63, 3.8) is 0 Å². The molecule has 0 radical (unpaired) electrons. The first-order valence-electron chi connectivity index (χ1n) is 9.86. The maximum absolute atomic E-state index is 12.4. The summed E-state index contributed by atoms with van der Waals surface area (Å²) in [5, 5.41) is 14.5. The molecule has 3 rings (SSSR count). The van der Waals surface area contributed by atoms with Crippen molar-refractivity contribution in [3.8, 4) is 5.75 Å². The number of para-hydroxylation sites is 3. The Labute approximate surface area is 185 Å². The van der Waals surface area contributed by atoms with Crippen molar-refractivity contribution < 1.29 is 14.3 Å². The van der Waals surface area contributed by atoms with Crippen LogP contribution in [0.25, 0.3) is 0 Å². The molecule has 0 aliphatic carbocycles. The second kappa shape index (κ2) is 10.6. The number of benzene rings is 2. The van der Waals surface area contributed by atoms with E-state index in [9.17, 15) is 9.59 Å². The van der Waals surface area contributed by atoms with E-state index in [2.05, 4.69) is 20.8 Å². The zero-order valence-corrected chi connectivity index (χ0v) is 18.5. The van der Waals surface area contributed by atoms with Crippen LogP contribution in [0.15, 0.2) is 53.7 Å². The van der Waals surface area contributed by atoms with Crippen molar-refractivity contribution in [3.05, 3.63) is 59.9 Å². The second-order valence-electron chi connectivity index (χ2n) is 6.76. The number of ether oxygens (including phenoxy) is 1. The smallest absolute Gasteiger partial charge is 0.234 e. The highest BCUT2D eigenvalue weighted by Crippen LogP contribution is 2.24. The molecule has 0 atom stereocenters. The molecule has 1 heterocycles. The van der Waals surface area contributed by atoms with E-state index in [0.717, 1.165) is 11.3 Å². The Morgan fingerprint density at radius 1 is 1.00 bits per heavy atom. The number of hydrogen-bond acceptors (Lipinski definition) is 6. The van der Waals surface area contributed by atoms with Gasteiger partial charge >= 0.3 is 0 Å². The second-order valence-corrected chi connectivity index (χ2v) is 7.71. The zero-order valence-electron chi connectivity index (χ0n) is 17.7. The molecule has 8 nitrogen and oxygen atoms in total. The summed E-state index contributed by atoms with van der Waals surface area (Å²) in [5.74, 6) is 0.951. The first-order valence-corrected chi connectivity index (χ1v) is 10.8.